The van der Waals surface area contributed by atoms with Crippen molar-refractivity contribution in [3.05, 3.63) is 29.3 Å². The Hall–Kier alpha value is -2.57. The summed E-state index contributed by atoms with van der Waals surface area (Å²) in [6.07, 6.45) is 0.266. The number of benzene rings is 1. The van der Waals surface area contributed by atoms with Crippen molar-refractivity contribution in [2.75, 3.05) is 25.0 Å². The van der Waals surface area contributed by atoms with E-state index in [1.807, 2.05) is 0 Å². The van der Waals surface area contributed by atoms with Crippen LogP contribution in [-0.2, 0) is 4.79 Å². The van der Waals surface area contributed by atoms with Gasteiger partial charge >= 0.3 is 12.0 Å². The van der Waals surface area contributed by atoms with E-state index in [4.69, 9.17) is 5.11 Å². The lowest BCUT2D eigenvalue weighted by Crippen LogP contribution is -2.37. The summed E-state index contributed by atoms with van der Waals surface area (Å²) < 4.78 is 0. The maximum atomic E-state index is 12.1. The van der Waals surface area contributed by atoms with Crippen molar-refractivity contribution in [3.63, 3.8) is 0 Å². The van der Waals surface area contributed by atoms with Gasteiger partial charge in [-0.1, -0.05) is 6.07 Å². The van der Waals surface area contributed by atoms with Crippen LogP contribution >= 0.6 is 0 Å². The molecule has 0 aliphatic carbocycles. The molecule has 1 aromatic rings. The highest BCUT2D eigenvalue weighted by atomic mass is 16.4. The molecule has 1 aliphatic heterocycles. The SMILES string of the molecule is Cc1ccc(NC(=O)N2CCNC(=O)CC2)cc1C(=O)O. The molecule has 112 valence electrons. The topological polar surface area (TPSA) is 98.7 Å². The first-order chi connectivity index (χ1) is 9.97. The van der Waals surface area contributed by atoms with Crippen LogP contribution in [0.5, 0.6) is 0 Å². The fourth-order valence-corrected chi connectivity index (χ4v) is 2.10. The molecule has 0 bridgehead atoms. The van der Waals surface area contributed by atoms with Crippen LogP contribution in [0, 0.1) is 6.92 Å². The van der Waals surface area contributed by atoms with Crippen LogP contribution in [0.15, 0.2) is 18.2 Å². The van der Waals surface area contributed by atoms with E-state index in [-0.39, 0.29) is 23.9 Å². The summed E-state index contributed by atoms with van der Waals surface area (Å²) >= 11 is 0. The summed E-state index contributed by atoms with van der Waals surface area (Å²) in [6, 6.07) is 4.39. The fourth-order valence-electron chi connectivity index (χ4n) is 2.10. The largest absolute Gasteiger partial charge is 0.478 e. The van der Waals surface area contributed by atoms with E-state index in [0.717, 1.165) is 0 Å². The molecule has 21 heavy (non-hydrogen) atoms. The zero-order valence-electron chi connectivity index (χ0n) is 11.7. The lowest BCUT2D eigenvalue weighted by Gasteiger charge is -2.20. The minimum absolute atomic E-state index is 0.0752. The standard InChI is InChI=1S/C14H17N3O4/c1-9-2-3-10(8-11(9)13(19)20)16-14(21)17-6-4-12(18)15-5-7-17/h2-3,8H,4-7H2,1H3,(H,15,18)(H,16,21)(H,19,20). The predicted octanol–water partition coefficient (Wildman–Crippen LogP) is 1.05. The highest BCUT2D eigenvalue weighted by molar-refractivity contribution is 5.94. The maximum Gasteiger partial charge on any atom is 0.336 e. The number of anilines is 1. The summed E-state index contributed by atoms with van der Waals surface area (Å²) in [5.41, 5.74) is 1.21. The molecule has 0 atom stereocenters. The molecule has 0 spiro atoms. The first-order valence-corrected chi connectivity index (χ1v) is 6.64. The van der Waals surface area contributed by atoms with Crippen molar-refractivity contribution in [2.24, 2.45) is 0 Å². The lowest BCUT2D eigenvalue weighted by atomic mass is 10.1. The van der Waals surface area contributed by atoms with Gasteiger partial charge in [0.15, 0.2) is 0 Å². The summed E-state index contributed by atoms with van der Waals surface area (Å²) in [5.74, 6) is -1.11. The van der Waals surface area contributed by atoms with E-state index >= 15 is 0 Å². The number of amides is 3. The van der Waals surface area contributed by atoms with Crippen LogP contribution in [-0.4, -0.2) is 47.5 Å². The molecule has 3 N–H and O–H groups in total. The average molecular weight is 291 g/mol. The lowest BCUT2D eigenvalue weighted by molar-refractivity contribution is -0.120. The molecule has 7 nitrogen and oxygen atoms in total. The number of rotatable bonds is 2. The average Bonchev–Trinajstić information content (AvgIpc) is 2.65. The monoisotopic (exact) mass is 291 g/mol. The smallest absolute Gasteiger partial charge is 0.336 e. The fraction of sp³-hybridized carbons (Fsp3) is 0.357. The molecule has 2 rings (SSSR count). The number of carbonyl (C=O) groups is 3. The summed E-state index contributed by atoms with van der Waals surface area (Å²) in [5, 5.41) is 14.4. The van der Waals surface area contributed by atoms with E-state index in [2.05, 4.69) is 10.6 Å². The quantitative estimate of drug-likeness (QED) is 0.758. The first kappa shape index (κ1) is 14.8. The van der Waals surface area contributed by atoms with Gasteiger partial charge in [-0.3, -0.25) is 4.79 Å². The highest BCUT2D eigenvalue weighted by Gasteiger charge is 2.18. The molecule has 3 amide bonds. The molecular formula is C14H17N3O4. The Bertz CT molecular complexity index is 586. The summed E-state index contributed by atoms with van der Waals surface area (Å²) in [4.78, 5) is 36.0. The van der Waals surface area contributed by atoms with E-state index < -0.39 is 5.97 Å². The van der Waals surface area contributed by atoms with Crippen LogP contribution < -0.4 is 10.6 Å². The zero-order valence-corrected chi connectivity index (χ0v) is 11.7. The van der Waals surface area contributed by atoms with Crippen LogP contribution in [0.4, 0.5) is 10.5 Å². The Labute approximate surface area is 121 Å². The van der Waals surface area contributed by atoms with Gasteiger partial charge in [0.05, 0.1) is 5.56 Å². The van der Waals surface area contributed by atoms with Crippen molar-refractivity contribution < 1.29 is 19.5 Å². The third kappa shape index (κ3) is 3.71. The number of aryl methyl sites for hydroxylation is 1. The van der Waals surface area contributed by atoms with Crippen molar-refractivity contribution in [1.82, 2.24) is 10.2 Å². The number of aromatic carboxylic acids is 1. The van der Waals surface area contributed by atoms with Crippen molar-refractivity contribution >= 4 is 23.6 Å². The van der Waals surface area contributed by atoms with Crippen LogP contribution in [0.2, 0.25) is 0 Å². The van der Waals surface area contributed by atoms with Gasteiger partial charge in [0.25, 0.3) is 0 Å². The van der Waals surface area contributed by atoms with Gasteiger partial charge in [-0.15, -0.1) is 0 Å². The molecule has 1 aliphatic rings. The Morgan fingerprint density at radius 2 is 2.10 bits per heavy atom. The number of carboxylic acids is 1. The van der Waals surface area contributed by atoms with E-state index in [1.54, 1.807) is 19.1 Å². The Balaban J connectivity index is 2.07. The van der Waals surface area contributed by atoms with Crippen molar-refractivity contribution in [3.8, 4) is 0 Å². The molecule has 0 radical (unpaired) electrons. The van der Waals surface area contributed by atoms with Crippen LogP contribution in [0.25, 0.3) is 0 Å². The van der Waals surface area contributed by atoms with Gasteiger partial charge < -0.3 is 20.6 Å². The molecule has 0 aromatic heterocycles. The van der Waals surface area contributed by atoms with Gasteiger partial charge in [-0.05, 0) is 24.6 Å². The van der Waals surface area contributed by atoms with Gasteiger partial charge in [0.1, 0.15) is 0 Å². The number of nitrogens with one attached hydrogen (secondary N) is 2. The normalized spacial score (nSPS) is 15.1. The molecule has 0 saturated carbocycles. The molecular weight excluding hydrogens is 274 g/mol. The second-order valence-electron chi connectivity index (χ2n) is 4.85. The molecule has 7 heteroatoms. The van der Waals surface area contributed by atoms with Crippen LogP contribution in [0.1, 0.15) is 22.3 Å². The van der Waals surface area contributed by atoms with Gasteiger partial charge in [0, 0.05) is 31.7 Å². The third-order valence-electron chi connectivity index (χ3n) is 3.32. The number of urea groups is 1. The maximum absolute atomic E-state index is 12.1. The minimum Gasteiger partial charge on any atom is -0.478 e. The second-order valence-corrected chi connectivity index (χ2v) is 4.85. The zero-order chi connectivity index (χ0) is 15.4. The summed E-state index contributed by atoms with van der Waals surface area (Å²) in [7, 11) is 0. The summed E-state index contributed by atoms with van der Waals surface area (Å²) in [6.45, 7) is 2.88. The van der Waals surface area contributed by atoms with E-state index in [1.165, 1.54) is 11.0 Å². The number of nitrogens with zero attached hydrogens (tertiary/aromatic N) is 1. The van der Waals surface area contributed by atoms with Gasteiger partial charge in [-0.2, -0.15) is 0 Å². The van der Waals surface area contributed by atoms with E-state index in [0.29, 0.717) is 30.9 Å². The number of carbonyl (C=O) groups excluding carboxylic acids is 2. The van der Waals surface area contributed by atoms with Crippen LogP contribution in [0.3, 0.4) is 0 Å². The molecule has 1 heterocycles. The third-order valence-corrected chi connectivity index (χ3v) is 3.32. The Morgan fingerprint density at radius 1 is 1.33 bits per heavy atom. The molecule has 1 fully saturated rings. The predicted molar refractivity (Wildman–Crippen MR) is 76.4 cm³/mol. The molecule has 1 saturated heterocycles. The highest BCUT2D eigenvalue weighted by Crippen LogP contribution is 2.16. The van der Waals surface area contributed by atoms with Crippen molar-refractivity contribution in [2.45, 2.75) is 13.3 Å². The first-order valence-electron chi connectivity index (χ1n) is 6.64. The van der Waals surface area contributed by atoms with Gasteiger partial charge in [0.2, 0.25) is 5.91 Å². The number of hydrogen-bond donors (Lipinski definition) is 3. The second kappa shape index (κ2) is 6.25. The van der Waals surface area contributed by atoms with Crippen molar-refractivity contribution in [1.29, 1.82) is 0 Å². The van der Waals surface area contributed by atoms with E-state index in [9.17, 15) is 14.4 Å². The number of hydrogen-bond acceptors (Lipinski definition) is 3. The van der Waals surface area contributed by atoms with Gasteiger partial charge in [-0.25, -0.2) is 9.59 Å². The Kier molecular flexibility index (Phi) is 4.42. The Morgan fingerprint density at radius 3 is 2.81 bits per heavy atom. The number of carboxylic acid groups (broad SMARTS) is 1. The molecule has 0 unspecified atom stereocenters. The molecule has 1 aromatic carbocycles. The minimum atomic E-state index is -1.03.